The smallest absolute Gasteiger partial charge is 0.181 e. The van der Waals surface area contributed by atoms with Gasteiger partial charge in [-0.15, -0.1) is 0 Å². The number of aromatic nitrogens is 3. The second-order valence-corrected chi connectivity index (χ2v) is 4.76. The lowest BCUT2D eigenvalue weighted by Crippen LogP contribution is -1.90. The summed E-state index contributed by atoms with van der Waals surface area (Å²) in [6, 6.07) is 13.5. The molecule has 3 N–H and O–H groups in total. The normalized spacial score (nSPS) is 11.0. The van der Waals surface area contributed by atoms with Gasteiger partial charge in [-0.05, 0) is 24.3 Å². The minimum Gasteiger partial charge on any atom is -0.463 e. The third-order valence-electron chi connectivity index (χ3n) is 3.45. The topological polar surface area (TPSA) is 80.7 Å². The maximum atomic E-state index is 6.03. The van der Waals surface area contributed by atoms with Gasteiger partial charge in [0, 0.05) is 23.0 Å². The van der Waals surface area contributed by atoms with Crippen LogP contribution in [0.5, 0.6) is 0 Å². The van der Waals surface area contributed by atoms with Crippen LogP contribution < -0.4 is 5.73 Å². The molecule has 0 radical (unpaired) electrons. The molecule has 3 heterocycles. The van der Waals surface area contributed by atoms with Crippen LogP contribution in [0.2, 0.25) is 0 Å². The third-order valence-corrected chi connectivity index (χ3v) is 3.45. The second kappa shape index (κ2) is 4.49. The van der Waals surface area contributed by atoms with E-state index < -0.39 is 0 Å². The number of nitrogens with zero attached hydrogens (tertiary/aromatic N) is 2. The molecule has 0 bridgehead atoms. The third kappa shape index (κ3) is 1.87. The van der Waals surface area contributed by atoms with E-state index in [0.717, 1.165) is 33.7 Å². The number of anilines is 1. The number of H-pyrrole nitrogens is 1. The number of hydrogen-bond donors (Lipinski definition) is 2. The van der Waals surface area contributed by atoms with Gasteiger partial charge >= 0.3 is 0 Å². The molecule has 4 aromatic rings. The highest BCUT2D eigenvalue weighted by atomic mass is 16.3. The molecule has 0 amide bonds. The van der Waals surface area contributed by atoms with Crippen LogP contribution in [0.25, 0.3) is 33.6 Å². The molecule has 0 aliphatic carbocycles. The van der Waals surface area contributed by atoms with Crippen molar-refractivity contribution in [3.05, 3.63) is 54.9 Å². The first-order valence-corrected chi connectivity index (χ1v) is 6.56. The van der Waals surface area contributed by atoms with Gasteiger partial charge < -0.3 is 10.2 Å². The molecule has 5 heteroatoms. The van der Waals surface area contributed by atoms with E-state index in [0.29, 0.717) is 5.65 Å². The van der Waals surface area contributed by atoms with E-state index in [-0.39, 0.29) is 0 Å². The van der Waals surface area contributed by atoms with Crippen molar-refractivity contribution in [2.75, 3.05) is 5.73 Å². The van der Waals surface area contributed by atoms with E-state index in [4.69, 9.17) is 10.2 Å². The molecule has 0 saturated carbocycles. The quantitative estimate of drug-likeness (QED) is 0.549. The first kappa shape index (κ1) is 11.7. The summed E-state index contributed by atoms with van der Waals surface area (Å²) >= 11 is 0. The average Bonchev–Trinajstić information content (AvgIpc) is 3.16. The Labute approximate surface area is 120 Å². The minimum atomic E-state index is 0.652. The number of furan rings is 1. The lowest BCUT2D eigenvalue weighted by Gasteiger charge is -2.05. The number of pyridine rings is 1. The molecule has 0 spiro atoms. The van der Waals surface area contributed by atoms with E-state index in [1.54, 1.807) is 12.5 Å². The number of fused-ring (bicyclic) bond motifs is 1. The van der Waals surface area contributed by atoms with Gasteiger partial charge in [0.1, 0.15) is 5.69 Å². The molecule has 0 atom stereocenters. The maximum absolute atomic E-state index is 6.03. The highest BCUT2D eigenvalue weighted by Gasteiger charge is 2.12. The van der Waals surface area contributed by atoms with Gasteiger partial charge in [-0.25, -0.2) is 4.98 Å². The zero-order chi connectivity index (χ0) is 14.2. The first-order chi connectivity index (χ1) is 10.3. The highest BCUT2D eigenvalue weighted by molar-refractivity contribution is 5.93. The van der Waals surface area contributed by atoms with Crippen LogP contribution in [0.1, 0.15) is 0 Å². The number of nitrogen functional groups attached to an aromatic ring is 1. The van der Waals surface area contributed by atoms with Crippen molar-refractivity contribution in [3.63, 3.8) is 0 Å². The monoisotopic (exact) mass is 276 g/mol. The lowest BCUT2D eigenvalue weighted by molar-refractivity contribution is 0.580. The molecular weight excluding hydrogens is 264 g/mol. The van der Waals surface area contributed by atoms with Crippen molar-refractivity contribution in [1.29, 1.82) is 0 Å². The van der Waals surface area contributed by atoms with Crippen LogP contribution in [-0.2, 0) is 0 Å². The highest BCUT2D eigenvalue weighted by Crippen LogP contribution is 2.31. The van der Waals surface area contributed by atoms with E-state index in [1.807, 2.05) is 42.5 Å². The predicted octanol–water partition coefficient (Wildman–Crippen LogP) is 3.47. The average molecular weight is 276 g/mol. The Balaban J connectivity index is 1.94. The molecule has 3 aromatic heterocycles. The van der Waals surface area contributed by atoms with Gasteiger partial charge in [0.25, 0.3) is 0 Å². The summed E-state index contributed by atoms with van der Waals surface area (Å²) in [6.07, 6.45) is 3.41. The molecule has 0 fully saturated rings. The molecule has 21 heavy (non-hydrogen) atoms. The number of para-hydroxylation sites is 1. The van der Waals surface area contributed by atoms with Crippen LogP contribution in [0.4, 0.5) is 5.69 Å². The zero-order valence-electron chi connectivity index (χ0n) is 11.1. The van der Waals surface area contributed by atoms with Crippen LogP contribution in [-0.4, -0.2) is 15.2 Å². The second-order valence-electron chi connectivity index (χ2n) is 4.76. The predicted molar refractivity (Wildman–Crippen MR) is 81.4 cm³/mol. The van der Waals surface area contributed by atoms with Gasteiger partial charge in [0.15, 0.2) is 11.4 Å². The van der Waals surface area contributed by atoms with Crippen molar-refractivity contribution < 1.29 is 4.42 Å². The van der Waals surface area contributed by atoms with E-state index in [2.05, 4.69) is 15.2 Å². The molecule has 0 saturated heterocycles. The van der Waals surface area contributed by atoms with Crippen molar-refractivity contribution in [3.8, 4) is 22.6 Å². The number of aromatic amines is 1. The molecule has 4 rings (SSSR count). The Morgan fingerprint density at radius 1 is 1.10 bits per heavy atom. The number of nitrogens with one attached hydrogen (secondary N) is 1. The van der Waals surface area contributed by atoms with Crippen LogP contribution in [0, 0.1) is 0 Å². The summed E-state index contributed by atoms with van der Waals surface area (Å²) in [5.74, 6) is 0.734. The summed E-state index contributed by atoms with van der Waals surface area (Å²) in [7, 11) is 0. The summed E-state index contributed by atoms with van der Waals surface area (Å²) < 4.78 is 5.43. The molecule has 1 aromatic carbocycles. The number of rotatable bonds is 2. The van der Waals surface area contributed by atoms with Crippen molar-refractivity contribution in [1.82, 2.24) is 15.2 Å². The molecular formula is C16H12N4O. The maximum Gasteiger partial charge on any atom is 0.181 e. The van der Waals surface area contributed by atoms with Crippen molar-refractivity contribution in [2.24, 2.45) is 0 Å². The first-order valence-electron chi connectivity index (χ1n) is 6.56. The lowest BCUT2D eigenvalue weighted by atomic mass is 10.0. The summed E-state index contributed by atoms with van der Waals surface area (Å²) in [4.78, 5) is 4.39. The largest absolute Gasteiger partial charge is 0.463 e. The van der Waals surface area contributed by atoms with Crippen LogP contribution in [0.3, 0.4) is 0 Å². The molecule has 5 nitrogen and oxygen atoms in total. The fraction of sp³-hybridized carbons (Fsp3) is 0. The van der Waals surface area contributed by atoms with E-state index >= 15 is 0 Å². The zero-order valence-corrected chi connectivity index (χ0v) is 11.1. The van der Waals surface area contributed by atoms with Crippen molar-refractivity contribution >= 4 is 16.7 Å². The SMILES string of the molecule is Nc1ccccc1-c1cnc2n[nH]c(-c3ccco3)c2c1. The summed E-state index contributed by atoms with van der Waals surface area (Å²) in [5, 5.41) is 8.08. The Morgan fingerprint density at radius 2 is 2.00 bits per heavy atom. The fourth-order valence-corrected chi connectivity index (χ4v) is 2.42. The number of nitrogens with two attached hydrogens (primary N) is 1. The van der Waals surface area contributed by atoms with Gasteiger partial charge in [-0.2, -0.15) is 5.10 Å². The summed E-state index contributed by atoms with van der Waals surface area (Å²) in [5.41, 5.74) is 10.1. The molecule has 0 aliphatic heterocycles. The Morgan fingerprint density at radius 3 is 2.81 bits per heavy atom. The summed E-state index contributed by atoms with van der Waals surface area (Å²) in [6.45, 7) is 0. The molecule has 0 unspecified atom stereocenters. The van der Waals surface area contributed by atoms with Gasteiger partial charge in [-0.1, -0.05) is 18.2 Å². The van der Waals surface area contributed by atoms with Crippen LogP contribution >= 0.6 is 0 Å². The van der Waals surface area contributed by atoms with Gasteiger partial charge in [-0.3, -0.25) is 5.10 Å². The Kier molecular flexibility index (Phi) is 2.50. The van der Waals surface area contributed by atoms with Crippen LogP contribution in [0.15, 0.2) is 59.3 Å². The Bertz CT molecular complexity index is 909. The van der Waals surface area contributed by atoms with Gasteiger partial charge in [0.05, 0.1) is 11.6 Å². The minimum absolute atomic E-state index is 0.652. The number of hydrogen-bond acceptors (Lipinski definition) is 4. The van der Waals surface area contributed by atoms with E-state index in [1.165, 1.54) is 0 Å². The standard InChI is InChI=1S/C16H12N4O/c17-13-5-2-1-4-11(13)10-8-12-15(14-6-3-7-21-14)19-20-16(12)18-9-10/h1-9H,17H2,(H,18,19,20). The molecule has 0 aliphatic rings. The van der Waals surface area contributed by atoms with Crippen molar-refractivity contribution in [2.45, 2.75) is 0 Å². The van der Waals surface area contributed by atoms with E-state index in [9.17, 15) is 0 Å². The Hall–Kier alpha value is -3.08. The number of benzene rings is 1. The molecule has 102 valence electrons. The van der Waals surface area contributed by atoms with Gasteiger partial charge in [0.2, 0.25) is 0 Å². The fourth-order valence-electron chi connectivity index (χ4n) is 2.42.